The van der Waals surface area contributed by atoms with E-state index in [0.717, 1.165) is 15.8 Å². The van der Waals surface area contributed by atoms with Crippen LogP contribution in [-0.2, 0) is 14.8 Å². The van der Waals surface area contributed by atoms with E-state index in [9.17, 15) is 27.6 Å². The summed E-state index contributed by atoms with van der Waals surface area (Å²) in [5, 5.41) is 0. The highest BCUT2D eigenvalue weighted by atomic mass is 32.2. The van der Waals surface area contributed by atoms with Crippen LogP contribution in [0.25, 0.3) is 0 Å². The molecule has 4 rings (SSSR count). The molecule has 0 aromatic heterocycles. The van der Waals surface area contributed by atoms with Crippen molar-refractivity contribution in [3.8, 4) is 11.5 Å². The number of sulfonamides is 1. The van der Waals surface area contributed by atoms with Crippen molar-refractivity contribution in [1.29, 1.82) is 0 Å². The highest BCUT2D eigenvalue weighted by Gasteiger charge is 2.41. The van der Waals surface area contributed by atoms with Crippen molar-refractivity contribution in [2.24, 2.45) is 11.5 Å². The van der Waals surface area contributed by atoms with Crippen molar-refractivity contribution in [2.45, 2.75) is 36.7 Å². The molecule has 0 bridgehead atoms. The number of benzene rings is 2. The number of rotatable bonds is 8. The molecule has 0 radical (unpaired) electrons. The summed E-state index contributed by atoms with van der Waals surface area (Å²) in [6.45, 7) is 2.54. The number of nitrogens with two attached hydrogens (primary N) is 2. The second kappa shape index (κ2) is 12.4. The van der Waals surface area contributed by atoms with Crippen LogP contribution in [0.15, 0.2) is 47.4 Å². The fourth-order valence-corrected chi connectivity index (χ4v) is 6.92. The lowest BCUT2D eigenvalue weighted by Crippen LogP contribution is -2.41. The number of esters is 1. The first-order valence-corrected chi connectivity index (χ1v) is 15.2. The Balaban J connectivity index is 1.64. The van der Waals surface area contributed by atoms with E-state index in [0.29, 0.717) is 19.5 Å². The molecule has 0 spiro atoms. The van der Waals surface area contributed by atoms with Gasteiger partial charge in [0.1, 0.15) is 17.5 Å². The molecule has 12 nitrogen and oxygen atoms in total. The summed E-state index contributed by atoms with van der Waals surface area (Å²) >= 11 is 1.73. The van der Waals surface area contributed by atoms with Gasteiger partial charge in [-0.2, -0.15) is 16.1 Å². The molecular weight excluding hydrogens is 560 g/mol. The Hall–Kier alpha value is -3.46. The van der Waals surface area contributed by atoms with Gasteiger partial charge < -0.3 is 25.8 Å². The second-order valence-corrected chi connectivity index (χ2v) is 12.5. The van der Waals surface area contributed by atoms with Crippen LogP contribution in [0.5, 0.6) is 11.5 Å². The third-order valence-electron chi connectivity index (χ3n) is 6.53. The van der Waals surface area contributed by atoms with Gasteiger partial charge in [0.05, 0.1) is 16.5 Å². The molecular formula is C26H30N4O8S2. The molecule has 4 N–H and O–H groups in total. The number of Topliss-reactive ketones (excluding diaryl/α,β-unsaturated/α-hetero) is 1. The number of amides is 2. The molecule has 2 saturated heterocycles. The molecule has 0 saturated carbocycles. The lowest BCUT2D eigenvalue weighted by molar-refractivity contribution is -0.135. The summed E-state index contributed by atoms with van der Waals surface area (Å²) in [7, 11) is -4.14. The molecule has 0 unspecified atom stereocenters. The van der Waals surface area contributed by atoms with Crippen LogP contribution in [0.4, 0.5) is 4.79 Å². The lowest BCUT2D eigenvalue weighted by atomic mass is 10.0. The van der Waals surface area contributed by atoms with E-state index < -0.39 is 45.9 Å². The molecule has 2 aromatic carbocycles. The molecule has 14 heteroatoms. The van der Waals surface area contributed by atoms with Gasteiger partial charge in [-0.15, -0.1) is 0 Å². The molecule has 2 aromatic rings. The molecule has 2 aliphatic rings. The first-order valence-electron chi connectivity index (χ1n) is 12.6. The lowest BCUT2D eigenvalue weighted by Gasteiger charge is -2.26. The normalized spacial score (nSPS) is 18.6. The number of hydrogen-bond donors (Lipinski definition) is 2. The number of carbonyl (C=O) groups is 4. The quantitative estimate of drug-likeness (QED) is 0.261. The fraction of sp³-hybridized carbons (Fsp3) is 0.385. The molecule has 2 heterocycles. The maximum atomic E-state index is 13.8. The van der Waals surface area contributed by atoms with Crippen molar-refractivity contribution in [2.75, 3.05) is 31.1 Å². The first kappa shape index (κ1) is 29.5. The zero-order valence-corrected chi connectivity index (χ0v) is 23.4. The highest BCUT2D eigenvalue weighted by Crippen LogP contribution is 2.33. The van der Waals surface area contributed by atoms with Crippen molar-refractivity contribution < 1.29 is 37.1 Å². The topological polar surface area (TPSA) is 179 Å². The summed E-state index contributed by atoms with van der Waals surface area (Å²) in [6.07, 6.45) is 0.0441. The van der Waals surface area contributed by atoms with Crippen LogP contribution in [0.3, 0.4) is 0 Å². The van der Waals surface area contributed by atoms with Crippen LogP contribution in [0.2, 0.25) is 0 Å². The minimum Gasteiger partial charge on any atom is -0.425 e. The van der Waals surface area contributed by atoms with Crippen LogP contribution in [0.1, 0.15) is 40.5 Å². The highest BCUT2D eigenvalue weighted by molar-refractivity contribution is 7.99. The molecule has 2 aliphatic heterocycles. The largest absolute Gasteiger partial charge is 0.425 e. The Morgan fingerprint density at radius 1 is 1.00 bits per heavy atom. The van der Waals surface area contributed by atoms with E-state index in [1.807, 2.05) is 0 Å². The number of hydrogen-bond acceptors (Lipinski definition) is 10. The molecule has 0 aliphatic carbocycles. The zero-order chi connectivity index (χ0) is 29.0. The Morgan fingerprint density at radius 2 is 1.68 bits per heavy atom. The monoisotopic (exact) mass is 590 g/mol. The Labute approximate surface area is 236 Å². The van der Waals surface area contributed by atoms with E-state index in [1.54, 1.807) is 16.7 Å². The summed E-state index contributed by atoms with van der Waals surface area (Å²) in [4.78, 5) is 51.6. The fourth-order valence-electron chi connectivity index (χ4n) is 4.36. The van der Waals surface area contributed by atoms with Crippen molar-refractivity contribution in [3.05, 3.63) is 53.6 Å². The van der Waals surface area contributed by atoms with E-state index in [2.05, 4.69) is 0 Å². The molecule has 40 heavy (non-hydrogen) atoms. The van der Waals surface area contributed by atoms with Crippen LogP contribution in [0, 0.1) is 0 Å². The van der Waals surface area contributed by atoms with Crippen molar-refractivity contribution in [1.82, 2.24) is 9.21 Å². The van der Waals surface area contributed by atoms with Crippen molar-refractivity contribution in [3.63, 3.8) is 0 Å². The third-order valence-corrected chi connectivity index (χ3v) is 9.39. The zero-order valence-electron chi connectivity index (χ0n) is 21.8. The van der Waals surface area contributed by atoms with Gasteiger partial charge in [-0.3, -0.25) is 9.59 Å². The SMILES string of the molecule is C[C@H](N)C(=O)Oc1ccc(OC(=O)N2CCSCC2)cc1C(=O)[C@@H]1CCCN1S(=O)(=O)c1ccc(C(N)=O)cc1. The third kappa shape index (κ3) is 6.46. The maximum Gasteiger partial charge on any atom is 0.415 e. The van der Waals surface area contributed by atoms with Gasteiger partial charge in [0, 0.05) is 36.7 Å². The van der Waals surface area contributed by atoms with Gasteiger partial charge in [0.15, 0.2) is 5.78 Å². The molecule has 2 atom stereocenters. The van der Waals surface area contributed by atoms with E-state index >= 15 is 0 Å². The predicted molar refractivity (Wildman–Crippen MR) is 147 cm³/mol. The number of nitrogens with zero attached hydrogens (tertiary/aromatic N) is 2. The minimum atomic E-state index is -4.14. The summed E-state index contributed by atoms with van der Waals surface area (Å²) in [5.41, 5.74) is 10.9. The smallest absolute Gasteiger partial charge is 0.415 e. The Kier molecular flexibility index (Phi) is 9.13. The van der Waals surface area contributed by atoms with Gasteiger partial charge in [0.25, 0.3) is 0 Å². The molecule has 2 amide bonds. The number of ether oxygens (including phenoxy) is 2. The van der Waals surface area contributed by atoms with E-state index in [4.69, 9.17) is 20.9 Å². The van der Waals surface area contributed by atoms with Crippen molar-refractivity contribution >= 4 is 45.5 Å². The minimum absolute atomic E-state index is 0.0432. The van der Waals surface area contributed by atoms with Gasteiger partial charge >= 0.3 is 12.1 Å². The number of carbonyl (C=O) groups excluding carboxylic acids is 4. The van der Waals surface area contributed by atoms with Gasteiger partial charge in [0.2, 0.25) is 15.9 Å². The van der Waals surface area contributed by atoms with Gasteiger partial charge in [-0.05, 0) is 62.2 Å². The Bertz CT molecular complexity index is 1410. The van der Waals surface area contributed by atoms with Gasteiger partial charge in [-0.1, -0.05) is 0 Å². The predicted octanol–water partition coefficient (Wildman–Crippen LogP) is 1.62. The maximum absolute atomic E-state index is 13.8. The molecule has 2 fully saturated rings. The number of ketones is 1. The van der Waals surface area contributed by atoms with E-state index in [-0.39, 0.29) is 40.5 Å². The number of thioether (sulfide) groups is 1. The average molecular weight is 591 g/mol. The summed E-state index contributed by atoms with van der Waals surface area (Å²) in [5.74, 6) is -0.653. The van der Waals surface area contributed by atoms with E-state index in [1.165, 1.54) is 49.4 Å². The van der Waals surface area contributed by atoms with Crippen LogP contribution >= 0.6 is 11.8 Å². The number of primary amides is 1. The van der Waals surface area contributed by atoms with Crippen LogP contribution in [-0.4, -0.2) is 84.6 Å². The van der Waals surface area contributed by atoms with Gasteiger partial charge in [-0.25, -0.2) is 18.0 Å². The summed E-state index contributed by atoms with van der Waals surface area (Å²) < 4.78 is 38.9. The Morgan fingerprint density at radius 3 is 2.30 bits per heavy atom. The average Bonchev–Trinajstić information content (AvgIpc) is 3.45. The molecule has 214 valence electrons. The summed E-state index contributed by atoms with van der Waals surface area (Å²) in [6, 6.07) is 6.99. The second-order valence-electron chi connectivity index (χ2n) is 9.36. The first-order chi connectivity index (χ1) is 19.0. The standard InChI is InChI=1S/C26H30N4O8S2/c1-16(27)25(33)38-22-9-6-18(37-26(34)29-11-13-39-14-12-29)15-20(22)23(31)21-3-2-10-30(21)40(35,36)19-7-4-17(5-8-19)24(28)32/h4-9,15-16,21H,2-3,10-14,27H2,1H3,(H2,28,32)/t16-,21-/m0/s1. The van der Waals surface area contributed by atoms with Crippen LogP contribution < -0.4 is 20.9 Å².